The fraction of sp³-hybridized carbons (Fsp3) is 0.0952. The number of anilines is 1. The van der Waals surface area contributed by atoms with Gasteiger partial charge in [0, 0.05) is 31.4 Å². The topological polar surface area (TPSA) is 57.6 Å². The molecule has 26 heavy (non-hydrogen) atoms. The lowest BCUT2D eigenvalue weighted by atomic mass is 10.0. The highest BCUT2D eigenvalue weighted by Gasteiger charge is 2.14. The van der Waals surface area contributed by atoms with E-state index in [9.17, 15) is 4.79 Å². The fourth-order valence-electron chi connectivity index (χ4n) is 2.59. The summed E-state index contributed by atoms with van der Waals surface area (Å²) < 4.78 is 0. The van der Waals surface area contributed by atoms with Gasteiger partial charge in [-0.25, -0.2) is 10.4 Å². The molecule has 0 aliphatic rings. The molecular formula is C21H20N4O. The molecule has 0 aliphatic carbocycles. The van der Waals surface area contributed by atoms with Crippen LogP contribution in [0, 0.1) is 0 Å². The summed E-state index contributed by atoms with van der Waals surface area (Å²) in [5, 5.41) is 4.41. The Balaban J connectivity index is 1.94. The molecule has 0 unspecified atom stereocenters. The molecule has 3 rings (SSSR count). The maximum absolute atomic E-state index is 12.7. The summed E-state index contributed by atoms with van der Waals surface area (Å²) in [6, 6.07) is 23.0. The molecule has 0 saturated heterocycles. The second kappa shape index (κ2) is 8.07. The van der Waals surface area contributed by atoms with Crippen LogP contribution in [0.2, 0.25) is 0 Å². The van der Waals surface area contributed by atoms with Crippen LogP contribution < -0.4 is 10.3 Å². The zero-order valence-electron chi connectivity index (χ0n) is 14.8. The SMILES string of the molecule is CN(C)c1ncccc1C(=O)NN=C(c1ccccc1)c1ccccc1. The molecule has 1 heterocycles. The Labute approximate surface area is 153 Å². The minimum absolute atomic E-state index is 0.300. The van der Waals surface area contributed by atoms with Crippen molar-refractivity contribution in [3.63, 3.8) is 0 Å². The highest BCUT2D eigenvalue weighted by molar-refractivity contribution is 6.13. The van der Waals surface area contributed by atoms with E-state index >= 15 is 0 Å². The zero-order valence-corrected chi connectivity index (χ0v) is 14.8. The van der Waals surface area contributed by atoms with E-state index in [-0.39, 0.29) is 5.91 Å². The average Bonchev–Trinajstić information content (AvgIpc) is 2.69. The maximum Gasteiger partial charge on any atom is 0.275 e. The van der Waals surface area contributed by atoms with Gasteiger partial charge in [-0.05, 0) is 12.1 Å². The van der Waals surface area contributed by atoms with Crippen molar-refractivity contribution >= 4 is 17.4 Å². The van der Waals surface area contributed by atoms with E-state index in [4.69, 9.17) is 0 Å². The van der Waals surface area contributed by atoms with Gasteiger partial charge in [0.2, 0.25) is 0 Å². The Morgan fingerprint density at radius 1 is 0.885 bits per heavy atom. The van der Waals surface area contributed by atoms with Crippen molar-refractivity contribution in [3.05, 3.63) is 95.7 Å². The molecule has 130 valence electrons. The first kappa shape index (κ1) is 17.4. The zero-order chi connectivity index (χ0) is 18.4. The normalized spacial score (nSPS) is 10.1. The lowest BCUT2D eigenvalue weighted by Gasteiger charge is -2.15. The first-order valence-corrected chi connectivity index (χ1v) is 8.28. The minimum Gasteiger partial charge on any atom is -0.362 e. The van der Waals surface area contributed by atoms with Crippen LogP contribution in [0.1, 0.15) is 21.5 Å². The van der Waals surface area contributed by atoms with Crippen molar-refractivity contribution in [3.8, 4) is 0 Å². The molecule has 2 aromatic carbocycles. The lowest BCUT2D eigenvalue weighted by molar-refractivity contribution is 0.0955. The Bertz CT molecular complexity index is 864. The van der Waals surface area contributed by atoms with Gasteiger partial charge in [0.15, 0.2) is 0 Å². The van der Waals surface area contributed by atoms with E-state index in [1.54, 1.807) is 23.2 Å². The van der Waals surface area contributed by atoms with E-state index in [0.717, 1.165) is 11.1 Å². The summed E-state index contributed by atoms with van der Waals surface area (Å²) in [6.45, 7) is 0. The molecular weight excluding hydrogens is 324 g/mol. The van der Waals surface area contributed by atoms with Gasteiger partial charge in [0.25, 0.3) is 5.91 Å². The van der Waals surface area contributed by atoms with E-state index in [1.807, 2.05) is 74.8 Å². The molecule has 0 radical (unpaired) electrons. The number of carbonyl (C=O) groups is 1. The van der Waals surface area contributed by atoms with Crippen LogP contribution in [0.4, 0.5) is 5.82 Å². The average molecular weight is 344 g/mol. The summed E-state index contributed by atoms with van der Waals surface area (Å²) >= 11 is 0. The number of aromatic nitrogens is 1. The molecule has 3 aromatic rings. The molecule has 0 fully saturated rings. The Hall–Kier alpha value is -3.47. The Kier molecular flexibility index (Phi) is 5.39. The Morgan fingerprint density at radius 3 is 2.00 bits per heavy atom. The summed E-state index contributed by atoms with van der Waals surface area (Å²) in [4.78, 5) is 18.7. The molecule has 0 bridgehead atoms. The molecule has 0 aliphatic heterocycles. The number of nitrogens with one attached hydrogen (secondary N) is 1. The van der Waals surface area contributed by atoms with Gasteiger partial charge in [0.05, 0.1) is 11.3 Å². The van der Waals surface area contributed by atoms with Crippen LogP contribution in [0.25, 0.3) is 0 Å². The molecule has 1 N–H and O–H groups in total. The van der Waals surface area contributed by atoms with Crippen molar-refractivity contribution < 1.29 is 4.79 Å². The van der Waals surface area contributed by atoms with Crippen molar-refractivity contribution in [2.24, 2.45) is 5.10 Å². The van der Waals surface area contributed by atoms with Gasteiger partial charge in [0.1, 0.15) is 5.82 Å². The maximum atomic E-state index is 12.7. The highest BCUT2D eigenvalue weighted by atomic mass is 16.2. The number of hydrogen-bond acceptors (Lipinski definition) is 4. The molecule has 0 spiro atoms. The summed E-state index contributed by atoms with van der Waals surface area (Å²) in [5.74, 6) is 0.298. The van der Waals surface area contributed by atoms with E-state index < -0.39 is 0 Å². The number of amides is 1. The quantitative estimate of drug-likeness (QED) is 0.570. The van der Waals surface area contributed by atoms with Gasteiger partial charge in [-0.15, -0.1) is 0 Å². The van der Waals surface area contributed by atoms with Crippen LogP contribution in [0.5, 0.6) is 0 Å². The van der Waals surface area contributed by atoms with Crippen molar-refractivity contribution in [1.29, 1.82) is 0 Å². The van der Waals surface area contributed by atoms with Gasteiger partial charge < -0.3 is 4.90 Å². The second-order valence-corrected chi connectivity index (χ2v) is 5.90. The van der Waals surface area contributed by atoms with Crippen molar-refractivity contribution in [2.45, 2.75) is 0 Å². The molecule has 1 amide bonds. The van der Waals surface area contributed by atoms with Crippen LogP contribution in [-0.4, -0.2) is 30.7 Å². The van der Waals surface area contributed by atoms with E-state index in [0.29, 0.717) is 17.1 Å². The summed E-state index contributed by atoms with van der Waals surface area (Å²) in [6.07, 6.45) is 1.66. The van der Waals surface area contributed by atoms with Gasteiger partial charge >= 0.3 is 0 Å². The highest BCUT2D eigenvalue weighted by Crippen LogP contribution is 2.15. The van der Waals surface area contributed by atoms with E-state index in [1.165, 1.54) is 0 Å². The molecule has 5 heteroatoms. The molecule has 1 aromatic heterocycles. The number of nitrogens with zero attached hydrogens (tertiary/aromatic N) is 3. The number of carbonyl (C=O) groups excluding carboxylic acids is 1. The van der Waals surface area contributed by atoms with Crippen LogP contribution >= 0.6 is 0 Å². The fourth-order valence-corrected chi connectivity index (χ4v) is 2.59. The van der Waals surface area contributed by atoms with Crippen molar-refractivity contribution in [1.82, 2.24) is 10.4 Å². The van der Waals surface area contributed by atoms with E-state index in [2.05, 4.69) is 15.5 Å². The van der Waals surface area contributed by atoms with Gasteiger partial charge in [-0.2, -0.15) is 5.10 Å². The smallest absolute Gasteiger partial charge is 0.275 e. The third kappa shape index (κ3) is 3.95. The first-order valence-electron chi connectivity index (χ1n) is 8.28. The Morgan fingerprint density at radius 2 is 1.46 bits per heavy atom. The number of pyridine rings is 1. The second-order valence-electron chi connectivity index (χ2n) is 5.90. The number of hydrogen-bond donors (Lipinski definition) is 1. The van der Waals surface area contributed by atoms with Gasteiger partial charge in [-0.1, -0.05) is 60.7 Å². The largest absolute Gasteiger partial charge is 0.362 e. The summed E-state index contributed by atoms with van der Waals surface area (Å²) in [5.41, 5.74) is 5.71. The first-order chi connectivity index (χ1) is 12.7. The van der Waals surface area contributed by atoms with Crippen LogP contribution in [-0.2, 0) is 0 Å². The third-order valence-corrected chi connectivity index (χ3v) is 3.82. The molecule has 0 saturated carbocycles. The monoisotopic (exact) mass is 344 g/mol. The number of rotatable bonds is 5. The summed E-state index contributed by atoms with van der Waals surface area (Å²) in [7, 11) is 3.70. The van der Waals surface area contributed by atoms with Crippen LogP contribution in [0.3, 0.4) is 0 Å². The number of hydrazone groups is 1. The predicted octanol–water partition coefficient (Wildman–Crippen LogP) is 3.33. The third-order valence-electron chi connectivity index (χ3n) is 3.82. The van der Waals surface area contributed by atoms with Crippen molar-refractivity contribution in [2.75, 3.05) is 19.0 Å². The number of benzene rings is 2. The van der Waals surface area contributed by atoms with Crippen LogP contribution in [0.15, 0.2) is 84.1 Å². The molecule has 5 nitrogen and oxygen atoms in total. The minimum atomic E-state index is -0.300. The van der Waals surface area contributed by atoms with Gasteiger partial charge in [-0.3, -0.25) is 4.79 Å². The molecule has 0 atom stereocenters. The predicted molar refractivity (Wildman–Crippen MR) is 105 cm³/mol. The standard InChI is InChI=1S/C21H20N4O/c1-25(2)20-18(14-9-15-22-20)21(26)24-23-19(16-10-5-3-6-11-16)17-12-7-4-8-13-17/h3-15H,1-2H3,(H,24,26). The lowest BCUT2D eigenvalue weighted by Crippen LogP contribution is -2.24.